The summed E-state index contributed by atoms with van der Waals surface area (Å²) in [4.78, 5) is 34.7. The van der Waals surface area contributed by atoms with Gasteiger partial charge in [-0.25, -0.2) is 9.80 Å². The van der Waals surface area contributed by atoms with Crippen molar-refractivity contribution in [2.24, 2.45) is 0 Å². The summed E-state index contributed by atoms with van der Waals surface area (Å²) in [5.74, 6) is -0.594. The molecule has 2 N–H and O–H groups in total. The minimum atomic E-state index is -0.605. The van der Waals surface area contributed by atoms with Crippen LogP contribution in [0.4, 0.5) is 4.79 Å². The molecule has 0 unspecified atom stereocenters. The molecule has 4 amide bonds. The van der Waals surface area contributed by atoms with E-state index in [1.807, 2.05) is 24.3 Å². The molecule has 0 aromatic heterocycles. The first-order chi connectivity index (χ1) is 9.04. The Hall–Kier alpha value is -1.54. The van der Waals surface area contributed by atoms with Crippen molar-refractivity contribution < 1.29 is 14.4 Å². The van der Waals surface area contributed by atoms with E-state index in [1.54, 1.807) is 0 Å². The molecule has 1 fully saturated rings. The maximum absolute atomic E-state index is 11.6. The zero-order valence-electron chi connectivity index (χ0n) is 9.68. The molecule has 1 aromatic carbocycles. The van der Waals surface area contributed by atoms with Crippen molar-refractivity contribution in [3.05, 3.63) is 28.7 Å². The first-order valence-electron chi connectivity index (χ1n) is 5.34. The molecular formula is C11H10BrN3O3S. The van der Waals surface area contributed by atoms with Crippen LogP contribution in [0, 0.1) is 0 Å². The van der Waals surface area contributed by atoms with Gasteiger partial charge < -0.3 is 0 Å². The van der Waals surface area contributed by atoms with Gasteiger partial charge in [0.15, 0.2) is 0 Å². The minimum Gasteiger partial charge on any atom is -0.275 e. The molecule has 1 aromatic rings. The molecule has 8 heteroatoms. The minimum absolute atomic E-state index is 0.145. The first kappa shape index (κ1) is 13.9. The second-order valence-electron chi connectivity index (χ2n) is 3.72. The SMILES string of the molecule is O=C1CN(NC(=O)CSc2ccc(Br)cc2)C(=O)N1. The Morgan fingerprint density at radius 1 is 1.37 bits per heavy atom. The molecule has 19 heavy (non-hydrogen) atoms. The molecule has 1 aliphatic rings. The number of carbonyl (C=O) groups excluding carboxylic acids is 3. The number of carbonyl (C=O) groups is 3. The number of halogens is 1. The average Bonchev–Trinajstić information content (AvgIpc) is 2.67. The molecule has 0 spiro atoms. The molecule has 1 saturated heterocycles. The summed E-state index contributed by atoms with van der Waals surface area (Å²) in [5.41, 5.74) is 2.37. The molecule has 0 aliphatic carbocycles. The normalized spacial score (nSPS) is 14.5. The molecule has 0 bridgehead atoms. The molecule has 100 valence electrons. The van der Waals surface area contributed by atoms with Gasteiger partial charge in [-0.05, 0) is 24.3 Å². The van der Waals surface area contributed by atoms with Gasteiger partial charge in [0.2, 0.25) is 11.8 Å². The number of hydrogen-bond acceptors (Lipinski definition) is 4. The fourth-order valence-corrected chi connectivity index (χ4v) is 2.35. The highest BCUT2D eigenvalue weighted by molar-refractivity contribution is 9.10. The summed E-state index contributed by atoms with van der Waals surface area (Å²) in [7, 11) is 0. The quantitative estimate of drug-likeness (QED) is 0.634. The summed E-state index contributed by atoms with van der Waals surface area (Å²) in [6.07, 6.45) is 0. The number of benzene rings is 1. The number of amides is 4. The number of rotatable bonds is 4. The molecular weight excluding hydrogens is 334 g/mol. The fourth-order valence-electron chi connectivity index (χ4n) is 1.39. The highest BCUT2D eigenvalue weighted by atomic mass is 79.9. The van der Waals surface area contributed by atoms with Crippen LogP contribution in [0.15, 0.2) is 33.6 Å². The van der Waals surface area contributed by atoms with Crippen LogP contribution in [-0.2, 0) is 9.59 Å². The lowest BCUT2D eigenvalue weighted by Gasteiger charge is -2.14. The summed E-state index contributed by atoms with van der Waals surface area (Å²) in [6.45, 7) is -0.145. The van der Waals surface area contributed by atoms with Gasteiger partial charge in [-0.15, -0.1) is 11.8 Å². The van der Waals surface area contributed by atoms with Crippen molar-refractivity contribution in [1.29, 1.82) is 0 Å². The number of nitrogens with zero attached hydrogens (tertiary/aromatic N) is 1. The number of imide groups is 1. The molecule has 1 heterocycles. The van der Waals surface area contributed by atoms with E-state index < -0.39 is 11.9 Å². The number of urea groups is 1. The van der Waals surface area contributed by atoms with E-state index >= 15 is 0 Å². The van der Waals surface area contributed by atoms with Crippen LogP contribution in [-0.4, -0.2) is 35.2 Å². The summed E-state index contributed by atoms with van der Waals surface area (Å²) >= 11 is 4.67. The van der Waals surface area contributed by atoms with Gasteiger partial charge in [-0.2, -0.15) is 0 Å². The second kappa shape index (κ2) is 6.07. The van der Waals surface area contributed by atoms with Crippen molar-refractivity contribution in [2.45, 2.75) is 4.90 Å². The molecule has 1 aliphatic heterocycles. The van der Waals surface area contributed by atoms with E-state index in [2.05, 4.69) is 26.7 Å². The second-order valence-corrected chi connectivity index (χ2v) is 5.68. The highest BCUT2D eigenvalue weighted by Gasteiger charge is 2.27. The Labute approximate surface area is 122 Å². The smallest absolute Gasteiger partial charge is 0.275 e. The van der Waals surface area contributed by atoms with E-state index in [9.17, 15) is 14.4 Å². The third kappa shape index (κ3) is 3.97. The zero-order valence-corrected chi connectivity index (χ0v) is 12.1. The van der Waals surface area contributed by atoms with Gasteiger partial charge in [-0.1, -0.05) is 15.9 Å². The molecule has 6 nitrogen and oxygen atoms in total. The van der Waals surface area contributed by atoms with Crippen LogP contribution >= 0.6 is 27.7 Å². The van der Waals surface area contributed by atoms with Crippen LogP contribution in [0.3, 0.4) is 0 Å². The Bertz CT molecular complexity index is 520. The van der Waals surface area contributed by atoms with E-state index in [1.165, 1.54) is 11.8 Å². The lowest BCUT2D eigenvalue weighted by molar-refractivity contribution is -0.122. The van der Waals surface area contributed by atoms with E-state index in [-0.39, 0.29) is 18.2 Å². The largest absolute Gasteiger partial charge is 0.343 e. The maximum atomic E-state index is 11.6. The fraction of sp³-hybridized carbons (Fsp3) is 0.182. The molecule has 0 saturated carbocycles. The molecule has 0 radical (unpaired) electrons. The molecule has 0 atom stereocenters. The first-order valence-corrected chi connectivity index (χ1v) is 7.11. The van der Waals surface area contributed by atoms with Crippen LogP contribution < -0.4 is 10.7 Å². The highest BCUT2D eigenvalue weighted by Crippen LogP contribution is 2.20. The van der Waals surface area contributed by atoms with Gasteiger partial charge in [0.05, 0.1) is 5.75 Å². The van der Waals surface area contributed by atoms with E-state index in [0.29, 0.717) is 0 Å². The number of nitrogens with one attached hydrogen (secondary N) is 2. The van der Waals surface area contributed by atoms with Gasteiger partial charge in [-0.3, -0.25) is 20.3 Å². The number of hydrazine groups is 1. The van der Waals surface area contributed by atoms with Gasteiger partial charge in [0.1, 0.15) is 6.54 Å². The van der Waals surface area contributed by atoms with Crippen LogP contribution in [0.2, 0.25) is 0 Å². The number of hydrogen-bond donors (Lipinski definition) is 2. The Morgan fingerprint density at radius 2 is 2.05 bits per heavy atom. The summed E-state index contributed by atoms with van der Waals surface area (Å²) in [6, 6.07) is 6.93. The Kier molecular flexibility index (Phi) is 4.43. The van der Waals surface area contributed by atoms with Gasteiger partial charge >= 0.3 is 6.03 Å². The van der Waals surface area contributed by atoms with Crippen molar-refractivity contribution in [3.63, 3.8) is 0 Å². The van der Waals surface area contributed by atoms with Crippen LogP contribution in [0.1, 0.15) is 0 Å². The lowest BCUT2D eigenvalue weighted by Crippen LogP contribution is -2.44. The van der Waals surface area contributed by atoms with E-state index in [0.717, 1.165) is 14.4 Å². The van der Waals surface area contributed by atoms with Gasteiger partial charge in [0, 0.05) is 9.37 Å². The van der Waals surface area contributed by atoms with Crippen LogP contribution in [0.5, 0.6) is 0 Å². The van der Waals surface area contributed by atoms with Gasteiger partial charge in [0.25, 0.3) is 0 Å². The standard InChI is InChI=1S/C11H10BrN3O3S/c12-7-1-3-8(4-2-7)19-6-10(17)14-15-5-9(16)13-11(15)18/h1-4H,5-6H2,(H,14,17)(H,13,16,18). The zero-order chi connectivity index (χ0) is 13.8. The topological polar surface area (TPSA) is 78.5 Å². The summed E-state index contributed by atoms with van der Waals surface area (Å²) in [5, 5.41) is 3.04. The average molecular weight is 344 g/mol. The van der Waals surface area contributed by atoms with Crippen molar-refractivity contribution in [3.8, 4) is 0 Å². The Morgan fingerprint density at radius 3 is 2.63 bits per heavy atom. The summed E-state index contributed by atoms with van der Waals surface area (Å²) < 4.78 is 0.966. The van der Waals surface area contributed by atoms with Crippen molar-refractivity contribution in [1.82, 2.24) is 15.8 Å². The molecule has 2 rings (SSSR count). The lowest BCUT2D eigenvalue weighted by atomic mass is 10.4. The number of thioether (sulfide) groups is 1. The van der Waals surface area contributed by atoms with Crippen LogP contribution in [0.25, 0.3) is 0 Å². The van der Waals surface area contributed by atoms with Crippen molar-refractivity contribution >= 4 is 45.5 Å². The maximum Gasteiger partial charge on any atom is 0.343 e. The predicted molar refractivity (Wildman–Crippen MR) is 73.3 cm³/mol. The van der Waals surface area contributed by atoms with Crippen molar-refractivity contribution in [2.75, 3.05) is 12.3 Å². The predicted octanol–water partition coefficient (Wildman–Crippen LogP) is 1.12. The van der Waals surface area contributed by atoms with E-state index in [4.69, 9.17) is 0 Å². The monoisotopic (exact) mass is 343 g/mol. The third-order valence-corrected chi connectivity index (χ3v) is 3.78. The third-order valence-electron chi connectivity index (χ3n) is 2.24. The Balaban J connectivity index is 1.80.